The van der Waals surface area contributed by atoms with Crippen LogP contribution < -0.4 is 10.1 Å². The number of ether oxygens (including phenoxy) is 1. The molecular weight excluding hydrogens is 358 g/mol. The number of benzene rings is 2. The van der Waals surface area contributed by atoms with Crippen LogP contribution in [-0.4, -0.2) is 24.6 Å². The molecule has 23 heavy (non-hydrogen) atoms. The van der Waals surface area contributed by atoms with Gasteiger partial charge in [-0.25, -0.2) is 4.79 Å². The summed E-state index contributed by atoms with van der Waals surface area (Å²) in [5.41, 5.74) is 1.72. The third-order valence-electron chi connectivity index (χ3n) is 3.09. The van der Waals surface area contributed by atoms with E-state index in [4.69, 9.17) is 10.00 Å². The van der Waals surface area contributed by atoms with Gasteiger partial charge in [0, 0.05) is 23.8 Å². The quantitative estimate of drug-likeness (QED) is 0.860. The van der Waals surface area contributed by atoms with Gasteiger partial charge in [0.25, 0.3) is 0 Å². The molecule has 1 N–H and O–H groups in total. The number of nitrogens with zero attached hydrogens (tertiary/aromatic N) is 2. The zero-order chi connectivity index (χ0) is 16.7. The van der Waals surface area contributed by atoms with E-state index in [-0.39, 0.29) is 12.6 Å². The molecule has 0 aliphatic carbocycles. The van der Waals surface area contributed by atoms with Crippen LogP contribution >= 0.6 is 15.9 Å². The van der Waals surface area contributed by atoms with Gasteiger partial charge >= 0.3 is 6.03 Å². The molecule has 0 radical (unpaired) electrons. The van der Waals surface area contributed by atoms with E-state index < -0.39 is 0 Å². The Morgan fingerprint density at radius 2 is 1.87 bits per heavy atom. The maximum Gasteiger partial charge on any atom is 0.321 e. The lowest BCUT2D eigenvalue weighted by molar-refractivity contribution is 0.220. The zero-order valence-corrected chi connectivity index (χ0v) is 14.2. The van der Waals surface area contributed by atoms with E-state index in [1.54, 1.807) is 36.2 Å². The molecule has 0 heterocycles. The maximum atomic E-state index is 12.2. The standard InChI is InChI=1S/C17H16BrN3O2/c1-21(12-13-2-4-14(18)5-3-13)17(22)20-15-6-8-16(9-7-15)23-11-10-19/h2-9H,11-12H2,1H3,(H,20,22). The summed E-state index contributed by atoms with van der Waals surface area (Å²) in [6, 6.07) is 16.4. The number of amides is 2. The highest BCUT2D eigenvalue weighted by atomic mass is 79.9. The number of carbonyl (C=O) groups excluding carboxylic acids is 1. The second-order valence-corrected chi connectivity index (χ2v) is 5.80. The van der Waals surface area contributed by atoms with Crippen molar-refractivity contribution in [2.24, 2.45) is 0 Å². The summed E-state index contributed by atoms with van der Waals surface area (Å²) < 4.78 is 6.17. The molecule has 0 aromatic heterocycles. The second kappa shape index (κ2) is 8.20. The summed E-state index contributed by atoms with van der Waals surface area (Å²) in [7, 11) is 1.74. The van der Waals surface area contributed by atoms with Crippen LogP contribution in [0, 0.1) is 11.3 Å². The summed E-state index contributed by atoms with van der Waals surface area (Å²) in [6.45, 7) is 0.518. The van der Waals surface area contributed by atoms with Gasteiger partial charge in [-0.3, -0.25) is 0 Å². The predicted molar refractivity (Wildman–Crippen MR) is 92.2 cm³/mol. The molecule has 2 aromatic rings. The Balaban J connectivity index is 1.90. The van der Waals surface area contributed by atoms with Crippen LogP contribution in [0.15, 0.2) is 53.0 Å². The number of halogens is 1. The minimum absolute atomic E-state index is 0.00162. The molecule has 0 spiro atoms. The summed E-state index contributed by atoms with van der Waals surface area (Å²) in [4.78, 5) is 13.8. The largest absolute Gasteiger partial charge is 0.479 e. The number of hydrogen-bond donors (Lipinski definition) is 1. The number of hydrogen-bond acceptors (Lipinski definition) is 3. The van der Waals surface area contributed by atoms with Crippen LogP contribution in [0.4, 0.5) is 10.5 Å². The number of urea groups is 1. The van der Waals surface area contributed by atoms with E-state index >= 15 is 0 Å². The van der Waals surface area contributed by atoms with Crippen molar-refractivity contribution in [1.29, 1.82) is 5.26 Å². The highest BCUT2D eigenvalue weighted by molar-refractivity contribution is 9.10. The van der Waals surface area contributed by atoms with Crippen LogP contribution in [0.5, 0.6) is 5.75 Å². The first kappa shape index (κ1) is 16.8. The number of carbonyl (C=O) groups is 1. The van der Waals surface area contributed by atoms with Gasteiger partial charge in [-0.15, -0.1) is 0 Å². The van der Waals surface area contributed by atoms with Crippen molar-refractivity contribution in [3.05, 3.63) is 58.6 Å². The Labute approximate surface area is 143 Å². The lowest BCUT2D eigenvalue weighted by atomic mass is 10.2. The van der Waals surface area contributed by atoms with Gasteiger partial charge in [-0.05, 0) is 42.0 Å². The minimum atomic E-state index is -0.196. The lowest BCUT2D eigenvalue weighted by Crippen LogP contribution is -2.30. The number of nitriles is 1. The highest BCUT2D eigenvalue weighted by Crippen LogP contribution is 2.16. The fourth-order valence-corrected chi connectivity index (χ4v) is 2.17. The van der Waals surface area contributed by atoms with E-state index in [2.05, 4.69) is 21.2 Å². The van der Waals surface area contributed by atoms with Crippen molar-refractivity contribution in [1.82, 2.24) is 4.90 Å². The molecule has 2 amide bonds. The van der Waals surface area contributed by atoms with Crippen molar-refractivity contribution in [3.8, 4) is 11.8 Å². The van der Waals surface area contributed by atoms with Gasteiger partial charge in [-0.2, -0.15) is 5.26 Å². The van der Waals surface area contributed by atoms with Crippen molar-refractivity contribution < 1.29 is 9.53 Å². The lowest BCUT2D eigenvalue weighted by Gasteiger charge is -2.18. The summed E-state index contributed by atoms with van der Waals surface area (Å²) >= 11 is 3.39. The molecule has 5 nitrogen and oxygen atoms in total. The van der Waals surface area contributed by atoms with Crippen LogP contribution in [0.25, 0.3) is 0 Å². The summed E-state index contributed by atoms with van der Waals surface area (Å²) in [5, 5.41) is 11.3. The molecule has 0 aliphatic rings. The Morgan fingerprint density at radius 1 is 1.22 bits per heavy atom. The average molecular weight is 374 g/mol. The molecule has 0 unspecified atom stereocenters. The summed E-state index contributed by atoms with van der Waals surface area (Å²) in [5.74, 6) is 0.591. The third kappa shape index (κ3) is 5.31. The first-order chi connectivity index (χ1) is 11.1. The van der Waals surface area contributed by atoms with Crippen LogP contribution in [0.2, 0.25) is 0 Å². The van der Waals surface area contributed by atoms with E-state index in [9.17, 15) is 4.79 Å². The Bertz CT molecular complexity index is 693. The zero-order valence-electron chi connectivity index (χ0n) is 12.6. The molecule has 0 saturated heterocycles. The van der Waals surface area contributed by atoms with Crippen LogP contribution in [0.3, 0.4) is 0 Å². The third-order valence-corrected chi connectivity index (χ3v) is 3.62. The van der Waals surface area contributed by atoms with Gasteiger partial charge < -0.3 is 15.0 Å². The predicted octanol–water partition coefficient (Wildman–Crippen LogP) is 4.02. The van der Waals surface area contributed by atoms with Crippen molar-refractivity contribution in [2.45, 2.75) is 6.54 Å². The number of nitrogens with one attached hydrogen (secondary N) is 1. The molecule has 118 valence electrons. The first-order valence-electron chi connectivity index (χ1n) is 6.95. The molecule has 0 saturated carbocycles. The van der Waals surface area contributed by atoms with E-state index in [0.29, 0.717) is 18.0 Å². The fourth-order valence-electron chi connectivity index (χ4n) is 1.90. The Hall–Kier alpha value is -2.52. The molecule has 0 bridgehead atoms. The van der Waals surface area contributed by atoms with Crippen molar-refractivity contribution in [2.75, 3.05) is 19.0 Å². The Morgan fingerprint density at radius 3 is 2.48 bits per heavy atom. The highest BCUT2D eigenvalue weighted by Gasteiger charge is 2.09. The molecular formula is C17H16BrN3O2. The fraction of sp³-hybridized carbons (Fsp3) is 0.176. The first-order valence-corrected chi connectivity index (χ1v) is 7.74. The van der Waals surface area contributed by atoms with Gasteiger partial charge in [0.1, 0.15) is 11.8 Å². The summed E-state index contributed by atoms with van der Waals surface area (Å²) in [6.07, 6.45) is 0. The number of rotatable bonds is 5. The van der Waals surface area contributed by atoms with Crippen LogP contribution in [-0.2, 0) is 6.54 Å². The Kier molecular flexibility index (Phi) is 6.01. The monoisotopic (exact) mass is 373 g/mol. The van der Waals surface area contributed by atoms with Crippen LogP contribution in [0.1, 0.15) is 5.56 Å². The molecule has 0 atom stereocenters. The smallest absolute Gasteiger partial charge is 0.321 e. The van der Waals surface area contributed by atoms with E-state index in [1.807, 2.05) is 30.3 Å². The van der Waals surface area contributed by atoms with Crippen molar-refractivity contribution >= 4 is 27.6 Å². The average Bonchev–Trinajstić information content (AvgIpc) is 2.56. The topological polar surface area (TPSA) is 65.4 Å². The van der Waals surface area contributed by atoms with Gasteiger partial charge in [0.15, 0.2) is 6.61 Å². The molecule has 2 rings (SSSR count). The van der Waals surface area contributed by atoms with Gasteiger partial charge in [-0.1, -0.05) is 28.1 Å². The molecule has 6 heteroatoms. The molecule has 2 aromatic carbocycles. The van der Waals surface area contributed by atoms with Crippen molar-refractivity contribution in [3.63, 3.8) is 0 Å². The SMILES string of the molecule is CN(Cc1ccc(Br)cc1)C(=O)Nc1ccc(OCC#N)cc1. The number of anilines is 1. The second-order valence-electron chi connectivity index (χ2n) is 4.88. The van der Waals surface area contributed by atoms with Gasteiger partial charge in [0.2, 0.25) is 0 Å². The maximum absolute atomic E-state index is 12.2. The minimum Gasteiger partial charge on any atom is -0.479 e. The molecule has 0 fully saturated rings. The normalized spacial score (nSPS) is 9.78. The van der Waals surface area contributed by atoms with E-state index in [1.165, 1.54) is 0 Å². The van der Waals surface area contributed by atoms with E-state index in [0.717, 1.165) is 10.0 Å². The van der Waals surface area contributed by atoms with Gasteiger partial charge in [0.05, 0.1) is 0 Å². The molecule has 0 aliphatic heterocycles.